The number of non-ortho nitro benzene ring substituents is 1. The van der Waals surface area contributed by atoms with Crippen LogP contribution >= 0.6 is 11.8 Å². The van der Waals surface area contributed by atoms with E-state index in [0.717, 1.165) is 35.8 Å². The van der Waals surface area contributed by atoms with Crippen LogP contribution < -0.4 is 4.90 Å². The number of nitro benzene ring substituents is 1. The summed E-state index contributed by atoms with van der Waals surface area (Å²) in [4.78, 5) is 40.2. The number of thioether (sulfide) groups is 1. The summed E-state index contributed by atoms with van der Waals surface area (Å²) in [5.74, 6) is 0.0388. The lowest BCUT2D eigenvalue weighted by Gasteiger charge is -2.36. The number of piperazine rings is 1. The van der Waals surface area contributed by atoms with Crippen LogP contribution in [0.1, 0.15) is 23.2 Å². The van der Waals surface area contributed by atoms with Gasteiger partial charge in [0.15, 0.2) is 6.61 Å². The zero-order valence-electron chi connectivity index (χ0n) is 18.8. The number of hydrogen-bond acceptors (Lipinski definition) is 8. The smallest absolute Gasteiger partial charge is 0.339 e. The molecular weight excluding hydrogens is 458 g/mol. The maximum absolute atomic E-state index is 12.7. The molecule has 1 amide bonds. The molecule has 2 saturated heterocycles. The van der Waals surface area contributed by atoms with Crippen LogP contribution in [0.15, 0.2) is 53.4 Å². The summed E-state index contributed by atoms with van der Waals surface area (Å²) in [6, 6.07) is 13.6. The fourth-order valence-corrected chi connectivity index (χ4v) is 5.13. The minimum Gasteiger partial charge on any atom is -0.452 e. The first-order valence-electron chi connectivity index (χ1n) is 11.3. The van der Waals surface area contributed by atoms with Gasteiger partial charge in [0.05, 0.1) is 16.6 Å². The summed E-state index contributed by atoms with van der Waals surface area (Å²) in [6.45, 7) is 2.66. The van der Waals surface area contributed by atoms with Crippen molar-refractivity contribution in [3.05, 3.63) is 64.2 Å². The van der Waals surface area contributed by atoms with Crippen LogP contribution in [0.2, 0.25) is 0 Å². The molecule has 2 aliphatic heterocycles. The quantitative estimate of drug-likeness (QED) is 0.243. The second-order valence-electron chi connectivity index (χ2n) is 8.16. The van der Waals surface area contributed by atoms with Crippen LogP contribution in [0.25, 0.3) is 0 Å². The normalized spacial score (nSPS) is 18.1. The van der Waals surface area contributed by atoms with Crippen molar-refractivity contribution in [2.75, 3.05) is 50.0 Å². The Morgan fingerprint density at radius 1 is 1.09 bits per heavy atom. The maximum atomic E-state index is 12.7. The second-order valence-corrected chi connectivity index (χ2v) is 9.22. The van der Waals surface area contributed by atoms with Crippen molar-refractivity contribution in [2.24, 2.45) is 0 Å². The molecule has 9 nitrogen and oxygen atoms in total. The standard InChI is InChI=1S/C24H27N3O6S/c28-23(26-13-11-25(12-14-26)18-7-9-19(10-8-18)27(30)31)16-33-24(29)21-5-1-2-6-22(21)34-17-20-4-3-15-32-20/h1-2,5-10,20H,3-4,11-17H2. The number of anilines is 1. The van der Waals surface area contributed by atoms with Crippen LogP contribution in [0, 0.1) is 10.1 Å². The molecular formula is C24H27N3O6S. The first-order valence-corrected chi connectivity index (χ1v) is 12.3. The van der Waals surface area contributed by atoms with Crippen LogP contribution in [0.3, 0.4) is 0 Å². The second kappa shape index (κ2) is 11.3. The predicted molar refractivity (Wildman–Crippen MR) is 128 cm³/mol. The Kier molecular flexibility index (Phi) is 8.02. The highest BCUT2D eigenvalue weighted by Crippen LogP contribution is 2.27. The van der Waals surface area contributed by atoms with Gasteiger partial charge in [-0.15, -0.1) is 11.8 Å². The van der Waals surface area contributed by atoms with Gasteiger partial charge in [-0.3, -0.25) is 14.9 Å². The molecule has 0 radical (unpaired) electrons. The van der Waals surface area contributed by atoms with Crippen molar-refractivity contribution in [3.8, 4) is 0 Å². The molecule has 2 aliphatic rings. The molecule has 0 bridgehead atoms. The number of carbonyl (C=O) groups excluding carboxylic acids is 2. The van der Waals surface area contributed by atoms with E-state index in [-0.39, 0.29) is 24.3 Å². The molecule has 4 rings (SSSR count). The Labute approximate surface area is 202 Å². The topological polar surface area (TPSA) is 102 Å². The molecule has 0 saturated carbocycles. The molecule has 0 N–H and O–H groups in total. The summed E-state index contributed by atoms with van der Waals surface area (Å²) in [5, 5.41) is 10.8. The number of carbonyl (C=O) groups is 2. The zero-order chi connectivity index (χ0) is 23.9. The first kappa shape index (κ1) is 24.0. The Balaban J connectivity index is 1.25. The van der Waals surface area contributed by atoms with Gasteiger partial charge in [0.2, 0.25) is 0 Å². The minimum absolute atomic E-state index is 0.0474. The summed E-state index contributed by atoms with van der Waals surface area (Å²) in [6.07, 6.45) is 2.31. The van der Waals surface area contributed by atoms with Gasteiger partial charge in [0.25, 0.3) is 11.6 Å². The molecule has 0 aromatic heterocycles. The molecule has 2 heterocycles. The molecule has 180 valence electrons. The molecule has 1 atom stereocenters. The van der Waals surface area contributed by atoms with Gasteiger partial charge in [0, 0.05) is 61.3 Å². The third-order valence-corrected chi connectivity index (χ3v) is 7.15. The number of hydrogen-bond donors (Lipinski definition) is 0. The molecule has 2 aromatic rings. The van der Waals surface area contributed by atoms with Crippen LogP contribution in [0.4, 0.5) is 11.4 Å². The van der Waals surface area contributed by atoms with Crippen molar-refractivity contribution < 1.29 is 24.0 Å². The molecule has 34 heavy (non-hydrogen) atoms. The van der Waals surface area contributed by atoms with Crippen LogP contribution in [0.5, 0.6) is 0 Å². The molecule has 1 unspecified atom stereocenters. The van der Waals surface area contributed by atoms with Gasteiger partial charge in [-0.1, -0.05) is 12.1 Å². The highest BCUT2D eigenvalue weighted by atomic mass is 32.2. The van der Waals surface area contributed by atoms with Gasteiger partial charge >= 0.3 is 5.97 Å². The fraction of sp³-hybridized carbons (Fsp3) is 0.417. The Bertz CT molecular complexity index is 1020. The number of amides is 1. The lowest BCUT2D eigenvalue weighted by atomic mass is 10.2. The summed E-state index contributed by atoms with van der Waals surface area (Å²) in [5.41, 5.74) is 1.38. The molecule has 0 aliphatic carbocycles. The van der Waals surface area contributed by atoms with Gasteiger partial charge in [-0.25, -0.2) is 4.79 Å². The number of rotatable bonds is 8. The molecule has 10 heteroatoms. The summed E-state index contributed by atoms with van der Waals surface area (Å²) >= 11 is 1.57. The maximum Gasteiger partial charge on any atom is 0.339 e. The van der Waals surface area contributed by atoms with E-state index in [1.807, 2.05) is 12.1 Å². The monoisotopic (exact) mass is 485 g/mol. The van der Waals surface area contributed by atoms with Gasteiger partial charge < -0.3 is 19.3 Å². The van der Waals surface area contributed by atoms with Crippen molar-refractivity contribution in [3.63, 3.8) is 0 Å². The molecule has 2 aromatic carbocycles. The third kappa shape index (κ3) is 6.06. The number of ether oxygens (including phenoxy) is 2. The van der Waals surface area contributed by atoms with Crippen molar-refractivity contribution >= 4 is 35.0 Å². The average Bonchev–Trinajstić information content (AvgIpc) is 3.40. The van der Waals surface area contributed by atoms with Crippen molar-refractivity contribution in [1.82, 2.24) is 4.90 Å². The Hall–Kier alpha value is -3.11. The van der Waals surface area contributed by atoms with E-state index in [4.69, 9.17) is 9.47 Å². The van der Waals surface area contributed by atoms with Gasteiger partial charge in [-0.05, 0) is 37.1 Å². The lowest BCUT2D eigenvalue weighted by Crippen LogP contribution is -2.49. The van der Waals surface area contributed by atoms with Crippen molar-refractivity contribution in [1.29, 1.82) is 0 Å². The number of nitrogens with zero attached hydrogens (tertiary/aromatic N) is 3. The first-order chi connectivity index (χ1) is 16.5. The van der Waals surface area contributed by atoms with E-state index in [0.29, 0.717) is 31.7 Å². The Morgan fingerprint density at radius 2 is 1.82 bits per heavy atom. The third-order valence-electron chi connectivity index (χ3n) is 5.94. The molecule has 0 spiro atoms. The highest BCUT2D eigenvalue weighted by molar-refractivity contribution is 7.99. The van der Waals surface area contributed by atoms with E-state index in [2.05, 4.69) is 4.90 Å². The van der Waals surface area contributed by atoms with E-state index in [1.165, 1.54) is 12.1 Å². The largest absolute Gasteiger partial charge is 0.452 e. The predicted octanol–water partition coefficient (Wildman–Crippen LogP) is 3.37. The number of nitro groups is 1. The van der Waals surface area contributed by atoms with Crippen LogP contribution in [-0.4, -0.2) is 72.9 Å². The van der Waals surface area contributed by atoms with Crippen LogP contribution in [-0.2, 0) is 14.3 Å². The zero-order valence-corrected chi connectivity index (χ0v) is 19.6. The van der Waals surface area contributed by atoms with E-state index >= 15 is 0 Å². The number of benzene rings is 2. The van der Waals surface area contributed by atoms with E-state index in [1.54, 1.807) is 40.9 Å². The highest BCUT2D eigenvalue weighted by Gasteiger charge is 2.24. The average molecular weight is 486 g/mol. The van der Waals surface area contributed by atoms with Crippen molar-refractivity contribution in [2.45, 2.75) is 23.8 Å². The SMILES string of the molecule is O=C(OCC(=O)N1CCN(c2ccc([N+](=O)[O-])cc2)CC1)c1ccccc1SCC1CCCO1. The summed E-state index contributed by atoms with van der Waals surface area (Å²) < 4.78 is 11.0. The molecule has 2 fully saturated rings. The minimum atomic E-state index is -0.506. The summed E-state index contributed by atoms with van der Waals surface area (Å²) in [7, 11) is 0. The Morgan fingerprint density at radius 3 is 2.50 bits per heavy atom. The van der Waals surface area contributed by atoms with Gasteiger partial charge in [-0.2, -0.15) is 0 Å². The fourth-order valence-electron chi connectivity index (χ4n) is 4.02. The lowest BCUT2D eigenvalue weighted by molar-refractivity contribution is -0.384. The van der Waals surface area contributed by atoms with Gasteiger partial charge in [0.1, 0.15) is 0 Å². The number of esters is 1. The van der Waals surface area contributed by atoms with E-state index in [9.17, 15) is 19.7 Å². The van der Waals surface area contributed by atoms with E-state index < -0.39 is 10.9 Å².